The predicted octanol–water partition coefficient (Wildman–Crippen LogP) is 8.32. The molecule has 12 unspecified atom stereocenters. The SMILES string of the molecule is CC/C=C\C/C=C\C/C=C\C/C=C\C/C=C\C/C=C\C/C=C\CCCCCCCCCCCC(=O)NC(COC1OC(CO)C(OC2OC(CO)C(O)C(O)C2O)C(O)C1O)C(O)/C=C/CCCCCCC. The fraction of sp³-hybridized carbons (Fsp3) is 0.707. The highest BCUT2D eigenvalue weighted by Gasteiger charge is 2.51. The second-order valence-corrected chi connectivity index (χ2v) is 19.0. The molecule has 2 fully saturated rings. The van der Waals surface area contributed by atoms with Crippen molar-refractivity contribution in [3.63, 3.8) is 0 Å². The molecule has 0 bridgehead atoms. The van der Waals surface area contributed by atoms with Crippen LogP contribution in [-0.4, -0.2) is 140 Å². The summed E-state index contributed by atoms with van der Waals surface area (Å²) in [6.07, 6.45) is 42.0. The highest BCUT2D eigenvalue weighted by atomic mass is 16.7. The molecule has 0 radical (unpaired) electrons. The van der Waals surface area contributed by atoms with Gasteiger partial charge in [0.25, 0.3) is 0 Å². The lowest BCUT2D eigenvalue weighted by molar-refractivity contribution is -0.359. The molecule has 2 aliphatic rings. The first-order chi connectivity index (χ1) is 35.1. The number of ether oxygens (including phenoxy) is 4. The van der Waals surface area contributed by atoms with Crippen LogP contribution in [0.5, 0.6) is 0 Å². The van der Waals surface area contributed by atoms with Gasteiger partial charge in [-0.3, -0.25) is 4.79 Å². The van der Waals surface area contributed by atoms with Gasteiger partial charge in [0, 0.05) is 6.42 Å². The minimum atomic E-state index is -1.79. The van der Waals surface area contributed by atoms with Crippen molar-refractivity contribution in [3.8, 4) is 0 Å². The summed E-state index contributed by atoms with van der Waals surface area (Å²) in [5.41, 5.74) is 0. The van der Waals surface area contributed by atoms with Crippen molar-refractivity contribution < 1.29 is 64.6 Å². The van der Waals surface area contributed by atoms with Crippen molar-refractivity contribution in [1.29, 1.82) is 0 Å². The van der Waals surface area contributed by atoms with E-state index in [-0.39, 0.29) is 18.9 Å². The van der Waals surface area contributed by atoms with Crippen molar-refractivity contribution in [3.05, 3.63) is 97.2 Å². The first kappa shape index (κ1) is 65.0. The lowest BCUT2D eigenvalue weighted by Gasteiger charge is -2.46. The summed E-state index contributed by atoms with van der Waals surface area (Å²) in [6, 6.07) is -0.921. The molecule has 1 amide bonds. The van der Waals surface area contributed by atoms with Gasteiger partial charge in [-0.05, 0) is 77.0 Å². The van der Waals surface area contributed by atoms with E-state index >= 15 is 0 Å². The van der Waals surface area contributed by atoms with Crippen LogP contribution < -0.4 is 5.32 Å². The number of aliphatic hydroxyl groups excluding tert-OH is 8. The Hall–Kier alpha value is -3.09. The largest absolute Gasteiger partial charge is 0.394 e. The van der Waals surface area contributed by atoms with Crippen LogP contribution in [0.2, 0.25) is 0 Å². The minimum absolute atomic E-state index is 0.256. The van der Waals surface area contributed by atoms with Gasteiger partial charge in [0.2, 0.25) is 5.91 Å². The highest BCUT2D eigenvalue weighted by molar-refractivity contribution is 5.76. The number of aliphatic hydroxyl groups is 8. The fourth-order valence-corrected chi connectivity index (χ4v) is 8.33. The Morgan fingerprint density at radius 2 is 0.958 bits per heavy atom. The molecule has 2 aliphatic heterocycles. The molecule has 2 saturated heterocycles. The quantitative estimate of drug-likeness (QED) is 0.0208. The normalized spacial score (nSPS) is 26.4. The fourth-order valence-electron chi connectivity index (χ4n) is 8.33. The van der Waals surface area contributed by atoms with Crippen LogP contribution in [0.25, 0.3) is 0 Å². The van der Waals surface area contributed by atoms with Gasteiger partial charge in [-0.2, -0.15) is 0 Å². The highest BCUT2D eigenvalue weighted by Crippen LogP contribution is 2.30. The Balaban J connectivity index is 1.65. The summed E-state index contributed by atoms with van der Waals surface area (Å²) in [4.78, 5) is 13.1. The second kappa shape index (κ2) is 43.2. The molecule has 0 saturated carbocycles. The van der Waals surface area contributed by atoms with Crippen LogP contribution in [0.4, 0.5) is 0 Å². The summed E-state index contributed by atoms with van der Waals surface area (Å²) < 4.78 is 22.6. The number of unbranched alkanes of at least 4 members (excludes halogenated alkanes) is 14. The van der Waals surface area contributed by atoms with Crippen LogP contribution >= 0.6 is 0 Å². The van der Waals surface area contributed by atoms with Gasteiger partial charge in [-0.15, -0.1) is 0 Å². The number of carbonyl (C=O) groups is 1. The molecule has 14 nitrogen and oxygen atoms in total. The molecule has 0 spiro atoms. The van der Waals surface area contributed by atoms with Crippen molar-refractivity contribution >= 4 is 5.91 Å². The van der Waals surface area contributed by atoms with E-state index in [1.807, 2.05) is 6.08 Å². The van der Waals surface area contributed by atoms with E-state index in [1.54, 1.807) is 6.08 Å². The number of hydrogen-bond acceptors (Lipinski definition) is 13. The Labute approximate surface area is 433 Å². The van der Waals surface area contributed by atoms with Gasteiger partial charge in [-0.1, -0.05) is 182 Å². The average Bonchev–Trinajstić information content (AvgIpc) is 3.38. The van der Waals surface area contributed by atoms with Gasteiger partial charge >= 0.3 is 0 Å². The van der Waals surface area contributed by atoms with E-state index in [9.17, 15) is 45.6 Å². The van der Waals surface area contributed by atoms with Crippen LogP contribution in [-0.2, 0) is 23.7 Å². The Morgan fingerprint density at radius 1 is 0.514 bits per heavy atom. The molecule has 0 aromatic carbocycles. The molecule has 0 aromatic heterocycles. The molecule has 9 N–H and O–H groups in total. The number of nitrogens with one attached hydrogen (secondary N) is 1. The van der Waals surface area contributed by atoms with Crippen molar-refractivity contribution in [2.75, 3.05) is 19.8 Å². The summed E-state index contributed by atoms with van der Waals surface area (Å²) in [6.45, 7) is 2.58. The van der Waals surface area contributed by atoms with E-state index in [1.165, 1.54) is 38.5 Å². The summed E-state index contributed by atoms with van der Waals surface area (Å²) in [5, 5.41) is 86.5. The Morgan fingerprint density at radius 3 is 1.47 bits per heavy atom. The molecule has 14 heteroatoms. The molecule has 0 aromatic rings. The maximum absolute atomic E-state index is 13.1. The lowest BCUT2D eigenvalue weighted by Crippen LogP contribution is -2.65. The second-order valence-electron chi connectivity index (χ2n) is 19.0. The van der Waals surface area contributed by atoms with Gasteiger partial charge < -0.3 is 65.1 Å². The maximum atomic E-state index is 13.1. The molecule has 72 heavy (non-hydrogen) atoms. The van der Waals surface area contributed by atoms with E-state index in [0.717, 1.165) is 103 Å². The van der Waals surface area contributed by atoms with Gasteiger partial charge in [0.05, 0.1) is 32.0 Å². The van der Waals surface area contributed by atoms with E-state index < -0.39 is 86.8 Å². The Kier molecular flexibility index (Phi) is 39.0. The number of hydrogen-bond donors (Lipinski definition) is 9. The topological polar surface area (TPSA) is 228 Å². The van der Waals surface area contributed by atoms with Crippen molar-refractivity contribution in [2.45, 2.75) is 242 Å². The third-order valence-corrected chi connectivity index (χ3v) is 12.8. The zero-order valence-electron chi connectivity index (χ0n) is 43.9. The number of rotatable bonds is 41. The van der Waals surface area contributed by atoms with Crippen molar-refractivity contribution in [1.82, 2.24) is 5.32 Å². The van der Waals surface area contributed by atoms with Gasteiger partial charge in [0.15, 0.2) is 12.6 Å². The predicted molar refractivity (Wildman–Crippen MR) is 286 cm³/mol. The van der Waals surface area contributed by atoms with Crippen LogP contribution in [0.15, 0.2) is 97.2 Å². The zero-order valence-corrected chi connectivity index (χ0v) is 43.9. The van der Waals surface area contributed by atoms with Crippen LogP contribution in [0.1, 0.15) is 168 Å². The molecule has 2 heterocycles. The maximum Gasteiger partial charge on any atom is 0.220 e. The molecule has 12 atom stereocenters. The summed E-state index contributed by atoms with van der Waals surface area (Å²) >= 11 is 0. The van der Waals surface area contributed by atoms with Crippen molar-refractivity contribution in [2.24, 2.45) is 0 Å². The van der Waals surface area contributed by atoms with E-state index in [0.29, 0.717) is 6.42 Å². The summed E-state index contributed by atoms with van der Waals surface area (Å²) in [7, 11) is 0. The first-order valence-electron chi connectivity index (χ1n) is 27.5. The molecule has 412 valence electrons. The molecule has 2 rings (SSSR count). The van der Waals surface area contributed by atoms with E-state index in [2.05, 4.69) is 104 Å². The van der Waals surface area contributed by atoms with Crippen LogP contribution in [0, 0.1) is 0 Å². The average molecular weight is 1020 g/mol. The smallest absolute Gasteiger partial charge is 0.220 e. The van der Waals surface area contributed by atoms with Crippen LogP contribution in [0.3, 0.4) is 0 Å². The minimum Gasteiger partial charge on any atom is -0.394 e. The third kappa shape index (κ3) is 29.1. The third-order valence-electron chi connectivity index (χ3n) is 12.8. The molecular formula is C58H97NO13. The molecular weight excluding hydrogens is 919 g/mol. The lowest BCUT2D eigenvalue weighted by atomic mass is 9.97. The first-order valence-corrected chi connectivity index (χ1v) is 27.5. The number of amides is 1. The number of carbonyl (C=O) groups excluding carboxylic acids is 1. The zero-order chi connectivity index (χ0) is 52.4. The molecule has 0 aliphatic carbocycles. The van der Waals surface area contributed by atoms with E-state index in [4.69, 9.17) is 18.9 Å². The Bertz CT molecular complexity index is 1570. The standard InChI is InChI=1S/C58H97NO13/c1-3-5-7-9-11-12-13-14-15-16-17-18-19-20-21-22-23-24-25-26-27-28-29-30-31-32-33-34-36-38-40-42-50(63)59-46(47(62)41-39-37-35-10-8-6-4-2)45-69-57-55(68)53(66)56(49(44-61)71-57)72-58-54(67)52(65)51(64)48(43-60)70-58/h5,7,11-12,14-15,17-18,20-21,23-24,26-27,39,41,46-49,51-58,60-62,64-68H,3-4,6,8-10,13,16,19,22,25,28-38,40,42-45H2,1-2H3,(H,59,63)/b7-5-,12-11-,15-14-,18-17-,21-20-,24-23-,27-26-,41-39+. The van der Waals surface area contributed by atoms with Gasteiger partial charge in [-0.25, -0.2) is 0 Å². The number of allylic oxidation sites excluding steroid dienone is 15. The monoisotopic (exact) mass is 1020 g/mol. The summed E-state index contributed by atoms with van der Waals surface area (Å²) in [5.74, 6) is -0.256. The van der Waals surface area contributed by atoms with Gasteiger partial charge in [0.1, 0.15) is 48.8 Å².